The van der Waals surface area contributed by atoms with Gasteiger partial charge in [-0.2, -0.15) is 0 Å². The molecular weight excluding hydrogens is 224 g/mol. The third kappa shape index (κ3) is 2.71. The molecule has 0 aliphatic rings. The van der Waals surface area contributed by atoms with E-state index in [1.165, 1.54) is 11.1 Å². The van der Waals surface area contributed by atoms with Crippen LogP contribution in [0.5, 0.6) is 11.5 Å². The summed E-state index contributed by atoms with van der Waals surface area (Å²) in [4.78, 5) is 0. The summed E-state index contributed by atoms with van der Waals surface area (Å²) in [5, 5.41) is 9.70. The Kier molecular flexibility index (Phi) is 3.68. The Bertz CT molecular complexity index is 545. The SMILES string of the molecule is Cc1ccc(Oc2ccccc2C(C)O)cc1C. The number of hydrogen-bond donors (Lipinski definition) is 1. The first-order valence-electron chi connectivity index (χ1n) is 6.10. The molecule has 0 amide bonds. The van der Waals surface area contributed by atoms with Crippen molar-refractivity contribution in [3.05, 3.63) is 59.2 Å². The summed E-state index contributed by atoms with van der Waals surface area (Å²) >= 11 is 0. The fraction of sp³-hybridized carbons (Fsp3) is 0.250. The normalized spacial score (nSPS) is 12.2. The first-order chi connectivity index (χ1) is 8.58. The topological polar surface area (TPSA) is 29.5 Å². The summed E-state index contributed by atoms with van der Waals surface area (Å²) in [6, 6.07) is 13.5. The van der Waals surface area contributed by atoms with E-state index in [1.54, 1.807) is 6.92 Å². The van der Waals surface area contributed by atoms with Crippen LogP contribution >= 0.6 is 0 Å². The highest BCUT2D eigenvalue weighted by atomic mass is 16.5. The third-order valence-corrected chi connectivity index (χ3v) is 3.08. The number of aliphatic hydroxyl groups is 1. The van der Waals surface area contributed by atoms with E-state index in [0.29, 0.717) is 5.75 Å². The Balaban J connectivity index is 2.31. The van der Waals surface area contributed by atoms with Gasteiger partial charge in [0.2, 0.25) is 0 Å². The van der Waals surface area contributed by atoms with Crippen molar-refractivity contribution < 1.29 is 9.84 Å². The van der Waals surface area contributed by atoms with Gasteiger partial charge in [-0.3, -0.25) is 0 Å². The third-order valence-electron chi connectivity index (χ3n) is 3.08. The highest BCUT2D eigenvalue weighted by Gasteiger charge is 2.09. The van der Waals surface area contributed by atoms with E-state index in [1.807, 2.05) is 42.5 Å². The number of aryl methyl sites for hydroxylation is 2. The van der Waals surface area contributed by atoms with Crippen molar-refractivity contribution in [2.24, 2.45) is 0 Å². The van der Waals surface area contributed by atoms with Crippen LogP contribution in [0.25, 0.3) is 0 Å². The van der Waals surface area contributed by atoms with Gasteiger partial charge in [0, 0.05) is 5.56 Å². The Labute approximate surface area is 108 Å². The molecule has 2 aromatic carbocycles. The first kappa shape index (κ1) is 12.7. The highest BCUT2D eigenvalue weighted by Crippen LogP contribution is 2.30. The second-order valence-corrected chi connectivity index (χ2v) is 4.56. The summed E-state index contributed by atoms with van der Waals surface area (Å²) in [6.07, 6.45) is -0.534. The number of hydrogen-bond acceptors (Lipinski definition) is 2. The lowest BCUT2D eigenvalue weighted by Crippen LogP contribution is -1.96. The van der Waals surface area contributed by atoms with Crippen LogP contribution < -0.4 is 4.74 Å². The Morgan fingerprint density at radius 3 is 2.39 bits per heavy atom. The summed E-state index contributed by atoms with van der Waals surface area (Å²) in [6.45, 7) is 5.87. The standard InChI is InChI=1S/C16H18O2/c1-11-8-9-14(10-12(11)2)18-16-7-5-4-6-15(16)13(3)17/h4-10,13,17H,1-3H3. The van der Waals surface area contributed by atoms with Gasteiger partial charge in [0.05, 0.1) is 6.10 Å². The molecule has 2 aromatic rings. The fourth-order valence-corrected chi connectivity index (χ4v) is 1.82. The maximum Gasteiger partial charge on any atom is 0.133 e. The minimum Gasteiger partial charge on any atom is -0.457 e. The van der Waals surface area contributed by atoms with Crippen molar-refractivity contribution in [2.45, 2.75) is 26.9 Å². The minimum absolute atomic E-state index is 0.534. The van der Waals surface area contributed by atoms with Crippen molar-refractivity contribution in [3.63, 3.8) is 0 Å². The van der Waals surface area contributed by atoms with Gasteiger partial charge in [-0.05, 0) is 50.1 Å². The molecule has 0 aromatic heterocycles. The van der Waals surface area contributed by atoms with Gasteiger partial charge in [0.15, 0.2) is 0 Å². The van der Waals surface area contributed by atoms with Crippen LogP contribution in [0.3, 0.4) is 0 Å². The van der Waals surface area contributed by atoms with Crippen LogP contribution in [0.4, 0.5) is 0 Å². The van der Waals surface area contributed by atoms with Crippen LogP contribution in [0.15, 0.2) is 42.5 Å². The number of ether oxygens (including phenoxy) is 1. The van der Waals surface area contributed by atoms with Crippen LogP contribution in [-0.4, -0.2) is 5.11 Å². The van der Waals surface area contributed by atoms with Crippen molar-refractivity contribution in [1.82, 2.24) is 0 Å². The number of para-hydroxylation sites is 1. The minimum atomic E-state index is -0.534. The summed E-state index contributed by atoms with van der Waals surface area (Å²) in [5.74, 6) is 1.50. The Hall–Kier alpha value is -1.80. The average Bonchev–Trinajstić information content (AvgIpc) is 2.34. The van der Waals surface area contributed by atoms with E-state index in [2.05, 4.69) is 13.8 Å². The van der Waals surface area contributed by atoms with Gasteiger partial charge in [0.25, 0.3) is 0 Å². The maximum absolute atomic E-state index is 9.70. The van der Waals surface area contributed by atoms with E-state index >= 15 is 0 Å². The second kappa shape index (κ2) is 5.23. The smallest absolute Gasteiger partial charge is 0.133 e. The van der Waals surface area contributed by atoms with E-state index < -0.39 is 6.10 Å². The predicted molar refractivity (Wildman–Crippen MR) is 73.1 cm³/mol. The Morgan fingerprint density at radius 2 is 1.72 bits per heavy atom. The predicted octanol–water partition coefficient (Wildman–Crippen LogP) is 4.15. The molecular formula is C16H18O2. The molecule has 2 nitrogen and oxygen atoms in total. The van der Waals surface area contributed by atoms with E-state index in [4.69, 9.17) is 4.74 Å². The molecule has 0 saturated heterocycles. The molecule has 0 spiro atoms. The molecule has 0 bridgehead atoms. The average molecular weight is 242 g/mol. The zero-order chi connectivity index (χ0) is 13.1. The second-order valence-electron chi connectivity index (χ2n) is 4.56. The summed E-state index contributed by atoms with van der Waals surface area (Å²) in [5.41, 5.74) is 3.24. The highest BCUT2D eigenvalue weighted by molar-refractivity contribution is 5.41. The molecule has 1 unspecified atom stereocenters. The van der Waals surface area contributed by atoms with E-state index in [0.717, 1.165) is 11.3 Å². The first-order valence-corrected chi connectivity index (χ1v) is 6.10. The fourth-order valence-electron chi connectivity index (χ4n) is 1.82. The van der Waals surface area contributed by atoms with Gasteiger partial charge >= 0.3 is 0 Å². The number of benzene rings is 2. The molecule has 94 valence electrons. The molecule has 18 heavy (non-hydrogen) atoms. The molecule has 0 saturated carbocycles. The van der Waals surface area contributed by atoms with E-state index in [-0.39, 0.29) is 0 Å². The Morgan fingerprint density at radius 1 is 1.00 bits per heavy atom. The molecule has 0 fully saturated rings. The zero-order valence-electron chi connectivity index (χ0n) is 11.0. The quantitative estimate of drug-likeness (QED) is 0.876. The largest absolute Gasteiger partial charge is 0.457 e. The molecule has 0 aliphatic heterocycles. The van der Waals surface area contributed by atoms with Crippen molar-refractivity contribution in [3.8, 4) is 11.5 Å². The van der Waals surface area contributed by atoms with Crippen LogP contribution in [0, 0.1) is 13.8 Å². The zero-order valence-corrected chi connectivity index (χ0v) is 11.0. The van der Waals surface area contributed by atoms with Gasteiger partial charge in [-0.25, -0.2) is 0 Å². The van der Waals surface area contributed by atoms with Crippen LogP contribution in [0.2, 0.25) is 0 Å². The van der Waals surface area contributed by atoms with Crippen LogP contribution in [0.1, 0.15) is 29.7 Å². The van der Waals surface area contributed by atoms with E-state index in [9.17, 15) is 5.11 Å². The molecule has 2 rings (SSSR count). The van der Waals surface area contributed by atoms with Gasteiger partial charge in [-0.15, -0.1) is 0 Å². The summed E-state index contributed by atoms with van der Waals surface area (Å²) in [7, 11) is 0. The van der Waals surface area contributed by atoms with Gasteiger partial charge < -0.3 is 9.84 Å². The lowest BCUT2D eigenvalue weighted by atomic mass is 10.1. The lowest BCUT2D eigenvalue weighted by molar-refractivity contribution is 0.195. The molecule has 1 atom stereocenters. The van der Waals surface area contributed by atoms with Crippen LogP contribution in [-0.2, 0) is 0 Å². The van der Waals surface area contributed by atoms with Gasteiger partial charge in [-0.1, -0.05) is 24.3 Å². The maximum atomic E-state index is 9.70. The van der Waals surface area contributed by atoms with Gasteiger partial charge in [0.1, 0.15) is 11.5 Å². The molecule has 0 aliphatic carbocycles. The van der Waals surface area contributed by atoms with Crippen molar-refractivity contribution in [2.75, 3.05) is 0 Å². The molecule has 2 heteroatoms. The van der Waals surface area contributed by atoms with Crippen molar-refractivity contribution in [1.29, 1.82) is 0 Å². The molecule has 1 N–H and O–H groups in total. The number of aliphatic hydroxyl groups excluding tert-OH is 1. The lowest BCUT2D eigenvalue weighted by Gasteiger charge is -2.13. The van der Waals surface area contributed by atoms with Crippen molar-refractivity contribution >= 4 is 0 Å². The summed E-state index contributed by atoms with van der Waals surface area (Å²) < 4.78 is 5.85. The molecule has 0 radical (unpaired) electrons. The monoisotopic (exact) mass is 242 g/mol. The number of rotatable bonds is 3. The molecule has 0 heterocycles.